The monoisotopic (exact) mass is 280 g/mol. The van der Waals surface area contributed by atoms with Crippen LogP contribution < -0.4 is 9.80 Å². The summed E-state index contributed by atoms with van der Waals surface area (Å²) >= 11 is 5.94. The minimum atomic E-state index is -0.0708. The van der Waals surface area contributed by atoms with E-state index in [9.17, 15) is 4.79 Å². The van der Waals surface area contributed by atoms with Crippen LogP contribution in [0.1, 0.15) is 26.7 Å². The molecule has 1 aliphatic carbocycles. The summed E-state index contributed by atoms with van der Waals surface area (Å²) in [6.07, 6.45) is 3.94. The third kappa shape index (κ3) is 1.96. The molecular formula is C13H17ClN4O. The van der Waals surface area contributed by atoms with Crippen molar-refractivity contribution in [1.29, 1.82) is 0 Å². The Hall–Kier alpha value is -1.36. The van der Waals surface area contributed by atoms with Crippen molar-refractivity contribution in [3.05, 3.63) is 11.5 Å². The first-order valence-corrected chi connectivity index (χ1v) is 6.97. The van der Waals surface area contributed by atoms with Gasteiger partial charge in [-0.25, -0.2) is 4.98 Å². The van der Waals surface area contributed by atoms with Gasteiger partial charge < -0.3 is 9.80 Å². The van der Waals surface area contributed by atoms with Gasteiger partial charge in [-0.2, -0.15) is 4.98 Å². The molecule has 102 valence electrons. The Morgan fingerprint density at radius 2 is 2.05 bits per heavy atom. The number of hydrogen-bond acceptors (Lipinski definition) is 4. The normalized spacial score (nSPS) is 27.3. The van der Waals surface area contributed by atoms with Crippen LogP contribution in [0, 0.1) is 5.92 Å². The van der Waals surface area contributed by atoms with E-state index < -0.39 is 0 Å². The van der Waals surface area contributed by atoms with Crippen LogP contribution in [0.5, 0.6) is 0 Å². The highest BCUT2D eigenvalue weighted by molar-refractivity contribution is 6.28. The summed E-state index contributed by atoms with van der Waals surface area (Å²) in [6, 6.07) is 0.594. The summed E-state index contributed by atoms with van der Waals surface area (Å²) in [6.45, 7) is 4.06. The minimum Gasteiger partial charge on any atom is -0.348 e. The fourth-order valence-corrected chi connectivity index (χ4v) is 2.82. The summed E-state index contributed by atoms with van der Waals surface area (Å²) in [5.41, 5.74) is 0.748. The fraction of sp³-hybridized carbons (Fsp3) is 0.615. The number of rotatable bonds is 1. The third-order valence-corrected chi connectivity index (χ3v) is 4.33. The molecule has 1 saturated carbocycles. The lowest BCUT2D eigenvalue weighted by Gasteiger charge is -2.31. The molecule has 0 N–H and O–H groups in total. The van der Waals surface area contributed by atoms with Gasteiger partial charge in [0.1, 0.15) is 5.69 Å². The first-order chi connectivity index (χ1) is 9.00. The molecule has 0 aromatic carbocycles. The van der Waals surface area contributed by atoms with Crippen LogP contribution in [0.25, 0.3) is 0 Å². The van der Waals surface area contributed by atoms with Gasteiger partial charge >= 0.3 is 0 Å². The van der Waals surface area contributed by atoms with Gasteiger partial charge in [-0.05, 0) is 31.4 Å². The second-order valence-corrected chi connectivity index (χ2v) is 5.75. The molecule has 1 fully saturated rings. The van der Waals surface area contributed by atoms with E-state index >= 15 is 0 Å². The van der Waals surface area contributed by atoms with Gasteiger partial charge in [-0.1, -0.05) is 6.92 Å². The van der Waals surface area contributed by atoms with Gasteiger partial charge in [0.05, 0.1) is 12.1 Å². The van der Waals surface area contributed by atoms with Crippen LogP contribution in [0.3, 0.4) is 0 Å². The largest absolute Gasteiger partial charge is 0.348 e. The molecule has 19 heavy (non-hydrogen) atoms. The maximum absolute atomic E-state index is 12.4. The fourth-order valence-electron chi connectivity index (χ4n) is 2.69. The van der Waals surface area contributed by atoms with Crippen molar-refractivity contribution in [2.24, 2.45) is 5.92 Å². The average molecular weight is 281 g/mol. The van der Waals surface area contributed by atoms with Crippen LogP contribution >= 0.6 is 11.6 Å². The van der Waals surface area contributed by atoms with E-state index in [-0.39, 0.29) is 23.2 Å². The summed E-state index contributed by atoms with van der Waals surface area (Å²) in [4.78, 5) is 24.7. The molecule has 0 radical (unpaired) electrons. The molecular weight excluding hydrogens is 264 g/mol. The number of carbonyl (C=O) groups is 1. The Balaban J connectivity index is 2.17. The second-order valence-electron chi connectivity index (χ2n) is 5.41. The maximum Gasteiger partial charge on any atom is 0.231 e. The number of nitrogens with zero attached hydrogens (tertiary/aromatic N) is 4. The zero-order chi connectivity index (χ0) is 13.7. The van der Waals surface area contributed by atoms with Crippen LogP contribution in [-0.2, 0) is 4.79 Å². The molecule has 1 aromatic rings. The zero-order valence-electron chi connectivity index (χ0n) is 11.3. The van der Waals surface area contributed by atoms with Gasteiger partial charge in [0.15, 0.2) is 5.82 Å². The van der Waals surface area contributed by atoms with E-state index in [4.69, 9.17) is 11.6 Å². The molecule has 2 unspecified atom stereocenters. The van der Waals surface area contributed by atoms with Crippen LogP contribution in [0.15, 0.2) is 6.20 Å². The smallest absolute Gasteiger partial charge is 0.231 e. The molecule has 1 amide bonds. The minimum absolute atomic E-state index is 0.0708. The average Bonchev–Trinajstić information content (AvgIpc) is 3.20. The predicted molar refractivity (Wildman–Crippen MR) is 74.6 cm³/mol. The van der Waals surface area contributed by atoms with Crippen LogP contribution in [0.4, 0.5) is 11.5 Å². The maximum atomic E-state index is 12.4. The lowest BCUT2D eigenvalue weighted by Crippen LogP contribution is -2.42. The molecule has 0 bridgehead atoms. The Labute approximate surface area is 117 Å². The Morgan fingerprint density at radius 1 is 1.37 bits per heavy atom. The first kappa shape index (κ1) is 12.7. The van der Waals surface area contributed by atoms with Gasteiger partial charge in [-0.15, -0.1) is 0 Å². The number of amides is 1. The van der Waals surface area contributed by atoms with Crippen LogP contribution in [-0.4, -0.2) is 35.0 Å². The molecule has 3 rings (SSSR count). The van der Waals surface area contributed by atoms with E-state index in [0.29, 0.717) is 6.04 Å². The standard InChI is InChI=1S/C13H17ClN4O/c1-7-8(2)18(9-4-5-9)11-10(17(3)12(7)19)6-15-13(14)16-11/h6-9H,4-5H2,1-3H3. The summed E-state index contributed by atoms with van der Waals surface area (Å²) in [7, 11) is 1.78. The third-order valence-electron chi connectivity index (χ3n) is 4.15. The van der Waals surface area contributed by atoms with E-state index in [1.54, 1.807) is 18.1 Å². The van der Waals surface area contributed by atoms with Crippen LogP contribution in [0.2, 0.25) is 5.28 Å². The Morgan fingerprint density at radius 3 is 2.68 bits per heavy atom. The number of carbonyl (C=O) groups excluding carboxylic acids is 1. The van der Waals surface area contributed by atoms with Gasteiger partial charge in [-0.3, -0.25) is 4.79 Å². The van der Waals surface area contributed by atoms with Gasteiger partial charge in [0, 0.05) is 19.1 Å². The molecule has 2 atom stereocenters. The Kier molecular flexibility index (Phi) is 2.89. The number of fused-ring (bicyclic) bond motifs is 1. The molecule has 2 heterocycles. The molecule has 0 saturated heterocycles. The van der Waals surface area contributed by atoms with Crippen molar-refractivity contribution in [3.63, 3.8) is 0 Å². The highest BCUT2D eigenvalue weighted by Crippen LogP contribution is 2.41. The molecule has 6 heteroatoms. The van der Waals surface area contributed by atoms with E-state index in [2.05, 4.69) is 21.8 Å². The summed E-state index contributed by atoms with van der Waals surface area (Å²) < 4.78 is 0. The van der Waals surface area contributed by atoms with Crippen molar-refractivity contribution in [2.75, 3.05) is 16.8 Å². The SMILES string of the molecule is CC1C(=O)N(C)c2cnc(Cl)nc2N(C2CC2)C1C. The van der Waals surface area contributed by atoms with Crippen molar-refractivity contribution in [2.45, 2.75) is 38.8 Å². The van der Waals surface area contributed by atoms with Crippen molar-refractivity contribution < 1.29 is 4.79 Å². The lowest BCUT2D eigenvalue weighted by atomic mass is 10.0. The molecule has 2 aliphatic rings. The topological polar surface area (TPSA) is 49.3 Å². The molecule has 1 aromatic heterocycles. The summed E-state index contributed by atoms with van der Waals surface area (Å²) in [5.74, 6) is 0.816. The molecule has 1 aliphatic heterocycles. The molecule has 5 nitrogen and oxygen atoms in total. The Bertz CT molecular complexity index is 531. The number of aromatic nitrogens is 2. The highest BCUT2D eigenvalue weighted by Gasteiger charge is 2.42. The molecule has 0 spiro atoms. The van der Waals surface area contributed by atoms with Gasteiger partial charge in [0.25, 0.3) is 0 Å². The number of halogens is 1. The second kappa shape index (κ2) is 4.34. The first-order valence-electron chi connectivity index (χ1n) is 6.59. The van der Waals surface area contributed by atoms with Crippen molar-refractivity contribution >= 4 is 29.0 Å². The van der Waals surface area contributed by atoms with Crippen molar-refractivity contribution in [1.82, 2.24) is 9.97 Å². The number of anilines is 2. The van der Waals surface area contributed by atoms with E-state index in [1.807, 2.05) is 6.92 Å². The van der Waals surface area contributed by atoms with Gasteiger partial charge in [0.2, 0.25) is 11.2 Å². The summed E-state index contributed by atoms with van der Waals surface area (Å²) in [5, 5.41) is 0.229. The van der Waals surface area contributed by atoms with Crippen molar-refractivity contribution in [3.8, 4) is 0 Å². The van der Waals surface area contributed by atoms with E-state index in [1.165, 1.54) is 0 Å². The predicted octanol–water partition coefficient (Wildman–Crippen LogP) is 2.10. The highest BCUT2D eigenvalue weighted by atomic mass is 35.5. The zero-order valence-corrected chi connectivity index (χ0v) is 12.1. The lowest BCUT2D eigenvalue weighted by molar-refractivity contribution is -0.121. The number of hydrogen-bond donors (Lipinski definition) is 0. The quantitative estimate of drug-likeness (QED) is 0.739. The van der Waals surface area contributed by atoms with E-state index in [0.717, 1.165) is 24.3 Å².